The van der Waals surface area contributed by atoms with E-state index >= 15 is 0 Å². The molecule has 0 bridgehead atoms. The molecule has 56 heavy (non-hydrogen) atoms. The second-order valence-corrected chi connectivity index (χ2v) is 14.0. The number of hydrogen-bond acceptors (Lipinski definition) is 4. The fraction of sp³-hybridized carbons (Fsp3) is 0. The van der Waals surface area contributed by atoms with Gasteiger partial charge >= 0.3 is 0 Å². The normalized spacial score (nSPS) is 11.6. The third kappa shape index (κ3) is 5.29. The molecule has 5 nitrogen and oxygen atoms in total. The Morgan fingerprint density at radius 3 is 1.64 bits per heavy atom. The molecular weight excluding hydrogens is 685 g/mol. The molecule has 0 N–H and O–H groups in total. The average molecular weight is 717 g/mol. The van der Waals surface area contributed by atoms with Gasteiger partial charge in [-0.1, -0.05) is 176 Å². The van der Waals surface area contributed by atoms with Crippen LogP contribution in [0.5, 0.6) is 0 Å². The van der Waals surface area contributed by atoms with Crippen LogP contribution in [0, 0.1) is 0 Å². The van der Waals surface area contributed by atoms with Crippen molar-refractivity contribution in [1.29, 1.82) is 0 Å². The van der Waals surface area contributed by atoms with Gasteiger partial charge in [0.05, 0.1) is 11.0 Å². The summed E-state index contributed by atoms with van der Waals surface area (Å²) >= 11 is 0. The molecule has 3 aromatic heterocycles. The van der Waals surface area contributed by atoms with Crippen LogP contribution >= 0.6 is 0 Å². The maximum absolute atomic E-state index is 6.47. The first kappa shape index (κ1) is 31.9. The molecule has 5 heteroatoms. The molecule has 0 spiro atoms. The molecule has 0 fully saturated rings. The van der Waals surface area contributed by atoms with Gasteiger partial charge in [0, 0.05) is 43.8 Å². The van der Waals surface area contributed by atoms with Crippen LogP contribution in [0.1, 0.15) is 0 Å². The number of para-hydroxylation sites is 4. The summed E-state index contributed by atoms with van der Waals surface area (Å²) in [4.78, 5) is 15.5. The largest absolute Gasteiger partial charge is 0.455 e. The van der Waals surface area contributed by atoms with Crippen molar-refractivity contribution in [3.8, 4) is 62.1 Å². The lowest BCUT2D eigenvalue weighted by molar-refractivity contribution is 0.670. The Hall–Kier alpha value is -7.63. The molecule has 11 rings (SSSR count). The smallest absolute Gasteiger partial charge is 0.238 e. The molecule has 0 unspecified atom stereocenters. The first-order chi connectivity index (χ1) is 27.8. The van der Waals surface area contributed by atoms with E-state index in [0.29, 0.717) is 17.6 Å². The van der Waals surface area contributed by atoms with E-state index in [0.717, 1.165) is 88.3 Å². The van der Waals surface area contributed by atoms with E-state index in [4.69, 9.17) is 19.4 Å². The Bertz CT molecular complexity index is 3240. The summed E-state index contributed by atoms with van der Waals surface area (Å²) in [6, 6.07) is 67.4. The van der Waals surface area contributed by atoms with Crippen LogP contribution in [0.25, 0.3) is 106 Å². The number of aromatic nitrogens is 4. The van der Waals surface area contributed by atoms with Gasteiger partial charge < -0.3 is 4.42 Å². The van der Waals surface area contributed by atoms with Gasteiger partial charge in [0.1, 0.15) is 11.2 Å². The van der Waals surface area contributed by atoms with Gasteiger partial charge in [-0.3, -0.25) is 4.57 Å². The van der Waals surface area contributed by atoms with Crippen LogP contribution in [0.2, 0.25) is 0 Å². The van der Waals surface area contributed by atoms with Crippen LogP contribution in [0.3, 0.4) is 0 Å². The molecule has 0 aliphatic carbocycles. The third-order valence-electron chi connectivity index (χ3n) is 10.7. The summed E-state index contributed by atoms with van der Waals surface area (Å²) < 4.78 is 8.68. The van der Waals surface area contributed by atoms with Crippen LogP contribution in [0.4, 0.5) is 0 Å². The van der Waals surface area contributed by atoms with Gasteiger partial charge in [-0.2, -0.15) is 9.97 Å². The molecule has 0 atom stereocenters. The number of fused-ring (bicyclic) bond motifs is 6. The summed E-state index contributed by atoms with van der Waals surface area (Å²) in [7, 11) is 0. The molecule has 0 amide bonds. The highest BCUT2D eigenvalue weighted by molar-refractivity contribution is 6.14. The first-order valence-corrected chi connectivity index (χ1v) is 18.8. The summed E-state index contributed by atoms with van der Waals surface area (Å²) in [6.07, 6.45) is 0. The van der Waals surface area contributed by atoms with Crippen molar-refractivity contribution in [3.63, 3.8) is 0 Å². The van der Waals surface area contributed by atoms with Crippen LogP contribution < -0.4 is 0 Å². The summed E-state index contributed by atoms with van der Waals surface area (Å²) in [5.74, 6) is 1.78. The van der Waals surface area contributed by atoms with Gasteiger partial charge in [0.2, 0.25) is 5.95 Å². The van der Waals surface area contributed by atoms with E-state index in [9.17, 15) is 0 Å². The number of nitrogens with zero attached hydrogens (tertiary/aromatic N) is 4. The zero-order valence-corrected chi connectivity index (χ0v) is 30.2. The molecule has 262 valence electrons. The fourth-order valence-corrected chi connectivity index (χ4v) is 8.04. The molecule has 0 radical (unpaired) electrons. The SMILES string of the molecule is c1ccc(-c2ccc(-c3nc(-c4ccccc4)nc(-n4c5ccccc5c5cccc(-c6cccc(-c7cccc8c7oc7ccccc78)c6)c54)n3)cc2)cc1. The molecule has 0 saturated carbocycles. The quantitative estimate of drug-likeness (QED) is 0.172. The predicted molar refractivity (Wildman–Crippen MR) is 229 cm³/mol. The lowest BCUT2D eigenvalue weighted by Gasteiger charge is -2.14. The zero-order chi connectivity index (χ0) is 37.0. The van der Waals surface area contributed by atoms with Crippen molar-refractivity contribution in [2.24, 2.45) is 0 Å². The molecule has 3 heterocycles. The van der Waals surface area contributed by atoms with E-state index in [1.54, 1.807) is 0 Å². The van der Waals surface area contributed by atoms with Crippen molar-refractivity contribution < 1.29 is 4.42 Å². The topological polar surface area (TPSA) is 56.7 Å². The van der Waals surface area contributed by atoms with Crippen molar-refractivity contribution in [2.45, 2.75) is 0 Å². The Kier molecular flexibility index (Phi) is 7.42. The van der Waals surface area contributed by atoms with Gasteiger partial charge in [-0.05, 0) is 40.5 Å². The van der Waals surface area contributed by atoms with Crippen molar-refractivity contribution >= 4 is 43.7 Å². The van der Waals surface area contributed by atoms with Gasteiger partial charge in [0.15, 0.2) is 11.6 Å². The minimum absolute atomic E-state index is 0.558. The molecular formula is C51H32N4O. The molecule has 0 aliphatic heterocycles. The van der Waals surface area contributed by atoms with Crippen LogP contribution in [-0.2, 0) is 0 Å². The summed E-state index contributed by atoms with van der Waals surface area (Å²) in [5, 5.41) is 4.48. The monoisotopic (exact) mass is 716 g/mol. The lowest BCUT2D eigenvalue weighted by Crippen LogP contribution is -2.07. The number of hydrogen-bond donors (Lipinski definition) is 0. The Balaban J connectivity index is 1.12. The van der Waals surface area contributed by atoms with Crippen molar-refractivity contribution in [1.82, 2.24) is 19.5 Å². The first-order valence-electron chi connectivity index (χ1n) is 18.8. The Morgan fingerprint density at radius 1 is 0.357 bits per heavy atom. The van der Waals surface area contributed by atoms with E-state index in [1.165, 1.54) is 0 Å². The minimum atomic E-state index is 0.558. The third-order valence-corrected chi connectivity index (χ3v) is 10.7. The van der Waals surface area contributed by atoms with Gasteiger partial charge in [-0.15, -0.1) is 0 Å². The van der Waals surface area contributed by atoms with E-state index in [1.807, 2.05) is 48.5 Å². The van der Waals surface area contributed by atoms with E-state index < -0.39 is 0 Å². The highest BCUT2D eigenvalue weighted by atomic mass is 16.3. The molecule has 0 saturated heterocycles. The average Bonchev–Trinajstić information content (AvgIpc) is 3.83. The van der Waals surface area contributed by atoms with Crippen molar-refractivity contribution in [3.05, 3.63) is 194 Å². The maximum atomic E-state index is 6.47. The molecule has 11 aromatic rings. The number of benzene rings is 8. The lowest BCUT2D eigenvalue weighted by atomic mass is 9.96. The minimum Gasteiger partial charge on any atom is -0.455 e. The zero-order valence-electron chi connectivity index (χ0n) is 30.2. The number of furan rings is 1. The highest BCUT2D eigenvalue weighted by Gasteiger charge is 2.21. The maximum Gasteiger partial charge on any atom is 0.238 e. The van der Waals surface area contributed by atoms with Gasteiger partial charge in [0.25, 0.3) is 0 Å². The van der Waals surface area contributed by atoms with Crippen molar-refractivity contribution in [2.75, 3.05) is 0 Å². The highest BCUT2D eigenvalue weighted by Crippen LogP contribution is 2.41. The Labute approximate surface area is 322 Å². The number of rotatable bonds is 6. The Morgan fingerprint density at radius 2 is 0.875 bits per heavy atom. The van der Waals surface area contributed by atoms with E-state index in [-0.39, 0.29) is 0 Å². The predicted octanol–water partition coefficient (Wildman–Crippen LogP) is 13.2. The van der Waals surface area contributed by atoms with Gasteiger partial charge in [-0.25, -0.2) is 4.98 Å². The summed E-state index contributed by atoms with van der Waals surface area (Å²) in [5.41, 5.74) is 12.3. The second kappa shape index (κ2) is 13.0. The van der Waals surface area contributed by atoms with Crippen LogP contribution in [-0.4, -0.2) is 19.5 Å². The van der Waals surface area contributed by atoms with E-state index in [2.05, 4.69) is 150 Å². The fourth-order valence-electron chi connectivity index (χ4n) is 8.04. The van der Waals surface area contributed by atoms with Crippen LogP contribution in [0.15, 0.2) is 199 Å². The second-order valence-electron chi connectivity index (χ2n) is 14.0. The standard InChI is InChI=1S/C51H32N4O/c1-3-14-33(15-4-1)34-28-30-36(31-29-34)50-52-49(35-16-5-2-6-17-35)53-51(54-50)55-45-26-9-7-20-41(45)43-24-12-22-39(47(43)55)37-18-11-19-38(32-37)40-23-13-25-44-42-21-8-10-27-46(42)56-48(40)44/h1-32H. The summed E-state index contributed by atoms with van der Waals surface area (Å²) in [6.45, 7) is 0. The molecule has 8 aromatic carbocycles. The molecule has 0 aliphatic rings.